The minimum atomic E-state index is 0.746. The predicted octanol–water partition coefficient (Wildman–Crippen LogP) is 21.2. The van der Waals surface area contributed by atoms with E-state index in [-0.39, 0.29) is 0 Å². The van der Waals surface area contributed by atoms with Gasteiger partial charge >= 0.3 is 0 Å². The fraction of sp³-hybridized carbons (Fsp3) is 0.514. The van der Waals surface area contributed by atoms with E-state index in [4.69, 9.17) is 9.47 Å². The lowest BCUT2D eigenvalue weighted by Crippen LogP contribution is -2.18. The third kappa shape index (κ3) is 31.8. The van der Waals surface area contributed by atoms with Crippen molar-refractivity contribution in [3.05, 3.63) is 189 Å². The Balaban J connectivity index is 0.000000472. The number of aryl methyl sites for hydroxylation is 11. The Morgan fingerprint density at radius 1 is 0.321 bits per heavy atom. The van der Waals surface area contributed by atoms with Gasteiger partial charge in [-0.15, -0.1) is 0 Å². The molecule has 0 aliphatic heterocycles. The third-order valence-corrected chi connectivity index (χ3v) is 13.9. The number of hydrogen-bond donors (Lipinski definition) is 0. The van der Waals surface area contributed by atoms with Crippen LogP contribution < -0.4 is 19.3 Å². The van der Waals surface area contributed by atoms with Gasteiger partial charge in [0.1, 0.15) is 11.5 Å². The Morgan fingerprint density at radius 2 is 0.718 bits per heavy atom. The van der Waals surface area contributed by atoms with Crippen LogP contribution in [0.2, 0.25) is 0 Å². The fourth-order valence-corrected chi connectivity index (χ4v) is 8.71. The molecule has 0 spiro atoms. The average molecular weight is 1060 g/mol. The third-order valence-electron chi connectivity index (χ3n) is 13.9. The van der Waals surface area contributed by atoms with E-state index < -0.39 is 0 Å². The van der Waals surface area contributed by atoms with Crippen LogP contribution in [0.3, 0.4) is 0 Å². The van der Waals surface area contributed by atoms with Gasteiger partial charge in [-0.2, -0.15) is 0 Å². The lowest BCUT2D eigenvalue weighted by atomic mass is 9.98. The molecule has 6 aromatic carbocycles. The zero-order valence-electron chi connectivity index (χ0n) is 53.2. The van der Waals surface area contributed by atoms with Crippen LogP contribution in [-0.2, 0) is 32.1 Å². The summed E-state index contributed by atoms with van der Waals surface area (Å²) in [6.07, 6.45) is 21.2. The second kappa shape index (κ2) is 44.4. The molecule has 432 valence electrons. The summed E-state index contributed by atoms with van der Waals surface area (Å²) in [6, 6.07) is 45.8. The van der Waals surface area contributed by atoms with Crippen molar-refractivity contribution in [2.24, 2.45) is 0 Å². The number of unbranched alkanes of at least 4 members (excludes halogenated alkanes) is 8. The standard InChI is InChI=1S/C16H26O.C14H23N.C13H20.C11H17N.C11H16O.C9H12/c1-4-6-7-8-9-12-17-16-13-14(3)10-11-15(16)5-2;1-4-5-6-7-12-15(3)14-10-8-13(2)9-11-14;1-4-6-7-13-10-11(3)8-9-12(13)5-2;1-4-9-12(3)11-7-5-10(2)6-8-11;1-4-10-7-6-9(3)8-11(10)12-5-2;1-3-9-6-4-8(2)5-7-9/h10-11,13H,4-9,12H2,1-3H3;8-11H,4-7,12H2,1-3H3;8-10H,4-7H2,1-3H3;5-8H,4,9H2,1-3H3;6-8H,4-5H2,1-3H3;4-7H,3H2,1-2H3. The maximum atomic E-state index is 5.89. The first-order valence-electron chi connectivity index (χ1n) is 30.8. The lowest BCUT2D eigenvalue weighted by Gasteiger charge is -2.19. The minimum Gasteiger partial charge on any atom is -0.494 e. The summed E-state index contributed by atoms with van der Waals surface area (Å²) in [7, 11) is 4.31. The van der Waals surface area contributed by atoms with Crippen LogP contribution in [0.5, 0.6) is 11.5 Å². The number of ether oxygens (including phenoxy) is 2. The molecule has 0 amide bonds. The molecule has 0 saturated carbocycles. The van der Waals surface area contributed by atoms with Crippen LogP contribution >= 0.6 is 0 Å². The van der Waals surface area contributed by atoms with Gasteiger partial charge in [-0.1, -0.05) is 220 Å². The highest BCUT2D eigenvalue weighted by atomic mass is 16.5. The second-order valence-corrected chi connectivity index (χ2v) is 21.3. The van der Waals surface area contributed by atoms with Gasteiger partial charge in [-0.25, -0.2) is 0 Å². The summed E-state index contributed by atoms with van der Waals surface area (Å²) in [4.78, 5) is 4.62. The molecule has 0 N–H and O–H groups in total. The van der Waals surface area contributed by atoms with Crippen LogP contribution in [0.1, 0.15) is 201 Å². The number of rotatable bonds is 25. The monoisotopic (exact) mass is 1060 g/mol. The average Bonchev–Trinajstić information content (AvgIpc) is 3.44. The molecule has 4 nitrogen and oxygen atoms in total. The summed E-state index contributed by atoms with van der Waals surface area (Å²) in [5.41, 5.74) is 17.7. The zero-order chi connectivity index (χ0) is 57.9. The predicted molar refractivity (Wildman–Crippen MR) is 350 cm³/mol. The van der Waals surface area contributed by atoms with E-state index in [2.05, 4.69) is 248 Å². The van der Waals surface area contributed by atoms with E-state index in [9.17, 15) is 0 Å². The van der Waals surface area contributed by atoms with Gasteiger partial charge in [0, 0.05) is 38.6 Å². The Morgan fingerprint density at radius 3 is 1.15 bits per heavy atom. The SMILES string of the molecule is CCCCCCCOc1cc(C)ccc1CC.CCCCCCN(C)c1ccc(C)cc1.CCCCc1cc(C)ccc1CC.CCCN(C)c1ccc(C)cc1.CCOc1cc(C)ccc1CC.CCc1ccc(C)cc1. The zero-order valence-corrected chi connectivity index (χ0v) is 53.2. The van der Waals surface area contributed by atoms with Crippen molar-refractivity contribution in [2.75, 3.05) is 50.2 Å². The summed E-state index contributed by atoms with van der Waals surface area (Å²) < 4.78 is 11.4. The van der Waals surface area contributed by atoms with Crippen molar-refractivity contribution in [1.29, 1.82) is 0 Å². The molecule has 0 saturated heterocycles. The molecule has 0 heterocycles. The molecule has 4 heteroatoms. The van der Waals surface area contributed by atoms with E-state index in [1.165, 1.54) is 163 Å². The summed E-state index contributed by atoms with van der Waals surface area (Å²) >= 11 is 0. The van der Waals surface area contributed by atoms with Gasteiger partial charge in [-0.3, -0.25) is 0 Å². The summed E-state index contributed by atoms with van der Waals surface area (Å²) in [5, 5.41) is 0. The molecule has 6 aromatic rings. The molecular weight excluding hydrogens is 949 g/mol. The van der Waals surface area contributed by atoms with Crippen molar-refractivity contribution in [1.82, 2.24) is 0 Å². The van der Waals surface area contributed by atoms with E-state index in [1.54, 1.807) is 5.56 Å². The van der Waals surface area contributed by atoms with Gasteiger partial charge in [0.2, 0.25) is 0 Å². The van der Waals surface area contributed by atoms with Gasteiger partial charge in [0.25, 0.3) is 0 Å². The molecule has 0 atom stereocenters. The molecule has 0 radical (unpaired) electrons. The van der Waals surface area contributed by atoms with Crippen LogP contribution in [0.4, 0.5) is 11.4 Å². The Hall–Kier alpha value is -5.48. The highest BCUT2D eigenvalue weighted by Gasteiger charge is 2.04. The van der Waals surface area contributed by atoms with Crippen LogP contribution in [0.15, 0.2) is 127 Å². The number of nitrogens with zero attached hydrogens (tertiary/aromatic N) is 2. The summed E-state index contributed by atoms with van der Waals surface area (Å²) in [5.74, 6) is 2.13. The van der Waals surface area contributed by atoms with Crippen molar-refractivity contribution in [3.63, 3.8) is 0 Å². The highest BCUT2D eigenvalue weighted by molar-refractivity contribution is 5.47. The molecule has 0 unspecified atom stereocenters. The molecule has 0 aliphatic rings. The fourth-order valence-electron chi connectivity index (χ4n) is 8.71. The van der Waals surface area contributed by atoms with Gasteiger partial charge in [-0.05, 0) is 182 Å². The molecule has 0 bridgehead atoms. The van der Waals surface area contributed by atoms with Crippen molar-refractivity contribution >= 4 is 11.4 Å². The van der Waals surface area contributed by atoms with Gasteiger partial charge in [0.15, 0.2) is 0 Å². The maximum Gasteiger partial charge on any atom is 0.122 e. The number of anilines is 2. The first-order chi connectivity index (χ1) is 37.6. The second-order valence-electron chi connectivity index (χ2n) is 21.3. The highest BCUT2D eigenvalue weighted by Crippen LogP contribution is 2.23. The Kier molecular flexibility index (Phi) is 40.1. The summed E-state index contributed by atoms with van der Waals surface area (Å²) in [6.45, 7) is 36.3. The van der Waals surface area contributed by atoms with Gasteiger partial charge in [0.05, 0.1) is 13.2 Å². The molecule has 6 rings (SSSR count). The van der Waals surface area contributed by atoms with Crippen molar-refractivity contribution in [2.45, 2.75) is 213 Å². The minimum absolute atomic E-state index is 0.746. The van der Waals surface area contributed by atoms with Crippen LogP contribution in [0.25, 0.3) is 0 Å². The molecular formula is C74H114N2O2. The molecule has 0 fully saturated rings. The Bertz CT molecular complexity index is 2370. The lowest BCUT2D eigenvalue weighted by molar-refractivity contribution is 0.301. The van der Waals surface area contributed by atoms with E-state index >= 15 is 0 Å². The van der Waals surface area contributed by atoms with Crippen LogP contribution in [-0.4, -0.2) is 40.4 Å². The first-order valence-corrected chi connectivity index (χ1v) is 30.8. The van der Waals surface area contributed by atoms with Crippen molar-refractivity contribution < 1.29 is 9.47 Å². The van der Waals surface area contributed by atoms with E-state index in [0.717, 1.165) is 50.5 Å². The normalized spacial score (nSPS) is 10.2. The quantitative estimate of drug-likeness (QED) is 0.0534. The smallest absolute Gasteiger partial charge is 0.122 e. The van der Waals surface area contributed by atoms with Gasteiger partial charge < -0.3 is 19.3 Å². The topological polar surface area (TPSA) is 24.9 Å². The first kappa shape index (κ1) is 70.5. The maximum absolute atomic E-state index is 5.89. The largest absolute Gasteiger partial charge is 0.494 e. The Labute approximate surface area is 481 Å². The molecule has 78 heavy (non-hydrogen) atoms. The van der Waals surface area contributed by atoms with E-state index in [1.807, 2.05) is 6.92 Å². The van der Waals surface area contributed by atoms with Crippen molar-refractivity contribution in [3.8, 4) is 11.5 Å². The van der Waals surface area contributed by atoms with Crippen LogP contribution in [0, 0.1) is 41.5 Å². The van der Waals surface area contributed by atoms with E-state index in [0.29, 0.717) is 0 Å². The number of benzene rings is 6. The molecule has 0 aromatic heterocycles. The molecule has 0 aliphatic carbocycles. The number of hydrogen-bond acceptors (Lipinski definition) is 4.